The Morgan fingerprint density at radius 3 is 3.05 bits per heavy atom. The zero-order valence-electron chi connectivity index (χ0n) is 11.1. The summed E-state index contributed by atoms with van der Waals surface area (Å²) in [4.78, 5) is 7.06. The molecule has 0 unspecified atom stereocenters. The first-order valence-corrected chi connectivity index (χ1v) is 6.53. The molecule has 4 N–H and O–H groups in total. The molecule has 1 heterocycles. The van der Waals surface area contributed by atoms with Crippen LogP contribution in [0.1, 0.15) is 19.0 Å². The summed E-state index contributed by atoms with van der Waals surface area (Å²) in [7, 11) is 0. The van der Waals surface area contributed by atoms with Gasteiger partial charge < -0.3 is 20.8 Å². The summed E-state index contributed by atoms with van der Waals surface area (Å²) in [5.41, 5.74) is 8.67. The van der Waals surface area contributed by atoms with Crippen LogP contribution < -0.4 is 15.8 Å². The fraction of sp³-hybridized carbons (Fsp3) is 0.357. The maximum absolute atomic E-state index is 5.87. The predicted octanol–water partition coefficient (Wildman–Crippen LogP) is 2.44. The van der Waals surface area contributed by atoms with Crippen LogP contribution in [0.4, 0.5) is 11.4 Å². The number of nitrogen functional groups attached to an aromatic ring is 1. The first-order chi connectivity index (χ1) is 9.29. The molecule has 5 nitrogen and oxygen atoms in total. The van der Waals surface area contributed by atoms with Gasteiger partial charge in [-0.25, -0.2) is 4.98 Å². The van der Waals surface area contributed by atoms with E-state index < -0.39 is 0 Å². The monoisotopic (exact) mass is 260 g/mol. The Bertz CT molecular complexity index is 496. The first kappa shape index (κ1) is 13.3. The maximum atomic E-state index is 5.87. The van der Waals surface area contributed by atoms with Gasteiger partial charge in [0.1, 0.15) is 5.75 Å². The second kappa shape index (κ2) is 6.68. The molecule has 0 bridgehead atoms. The quantitative estimate of drug-likeness (QED) is 0.668. The molecule has 0 saturated carbocycles. The molecule has 0 aliphatic carbocycles. The van der Waals surface area contributed by atoms with Gasteiger partial charge in [-0.1, -0.05) is 6.92 Å². The molecule has 0 spiro atoms. The molecular weight excluding hydrogens is 240 g/mol. The lowest BCUT2D eigenvalue weighted by molar-refractivity contribution is 0.319. The molecule has 0 fully saturated rings. The van der Waals surface area contributed by atoms with Crippen molar-refractivity contribution in [3.05, 3.63) is 36.4 Å². The minimum absolute atomic E-state index is 0.674. The van der Waals surface area contributed by atoms with E-state index in [4.69, 9.17) is 10.5 Å². The highest BCUT2D eigenvalue weighted by Gasteiger charge is 2.02. The zero-order valence-corrected chi connectivity index (χ0v) is 11.1. The Labute approximate surface area is 113 Å². The van der Waals surface area contributed by atoms with Gasteiger partial charge in [0.2, 0.25) is 0 Å². The summed E-state index contributed by atoms with van der Waals surface area (Å²) in [6.07, 6.45) is 5.39. The van der Waals surface area contributed by atoms with Crippen molar-refractivity contribution in [3.63, 3.8) is 0 Å². The third-order valence-corrected chi connectivity index (χ3v) is 2.75. The van der Waals surface area contributed by atoms with Crippen molar-refractivity contribution < 1.29 is 4.74 Å². The minimum Gasteiger partial charge on any atom is -0.491 e. The Morgan fingerprint density at radius 1 is 1.42 bits per heavy atom. The third kappa shape index (κ3) is 3.91. The lowest BCUT2D eigenvalue weighted by atomic mass is 10.2. The topological polar surface area (TPSA) is 76.0 Å². The van der Waals surface area contributed by atoms with Gasteiger partial charge in [-0.3, -0.25) is 0 Å². The van der Waals surface area contributed by atoms with Crippen molar-refractivity contribution >= 4 is 11.4 Å². The van der Waals surface area contributed by atoms with E-state index in [0.29, 0.717) is 12.3 Å². The molecule has 19 heavy (non-hydrogen) atoms. The van der Waals surface area contributed by atoms with E-state index in [1.54, 1.807) is 6.33 Å². The Morgan fingerprint density at radius 2 is 2.32 bits per heavy atom. The summed E-state index contributed by atoms with van der Waals surface area (Å²) in [5, 5.41) is 3.34. The minimum atomic E-state index is 0.674. The molecule has 1 aromatic heterocycles. The van der Waals surface area contributed by atoms with E-state index in [1.165, 1.54) is 0 Å². The van der Waals surface area contributed by atoms with E-state index in [-0.39, 0.29) is 0 Å². The third-order valence-electron chi connectivity index (χ3n) is 2.75. The van der Waals surface area contributed by atoms with Gasteiger partial charge in [0.25, 0.3) is 0 Å². The second-order valence-corrected chi connectivity index (χ2v) is 4.35. The maximum Gasteiger partial charge on any atom is 0.144 e. The van der Waals surface area contributed by atoms with Crippen LogP contribution in [0.2, 0.25) is 0 Å². The predicted molar refractivity (Wildman–Crippen MR) is 77.4 cm³/mol. The Balaban J connectivity index is 1.89. The molecule has 1 aromatic carbocycles. The molecule has 0 aliphatic rings. The van der Waals surface area contributed by atoms with Gasteiger partial charge in [-0.2, -0.15) is 0 Å². The highest BCUT2D eigenvalue weighted by Crippen LogP contribution is 2.25. The summed E-state index contributed by atoms with van der Waals surface area (Å²) in [5.74, 6) is 0.744. The number of nitrogens with one attached hydrogen (secondary N) is 2. The highest BCUT2D eigenvalue weighted by molar-refractivity contribution is 5.61. The number of anilines is 2. The number of imidazole rings is 1. The van der Waals surface area contributed by atoms with Crippen molar-refractivity contribution in [1.29, 1.82) is 0 Å². The number of H-pyrrole nitrogens is 1. The zero-order chi connectivity index (χ0) is 13.5. The van der Waals surface area contributed by atoms with Crippen molar-refractivity contribution in [2.24, 2.45) is 0 Å². The van der Waals surface area contributed by atoms with Crippen molar-refractivity contribution in [1.82, 2.24) is 9.97 Å². The molecule has 0 aliphatic heterocycles. The standard InChI is InChI=1S/C14H20N4O/c1-2-7-19-14-8-11(3-4-13(14)15)17-6-5-12-9-16-10-18-12/h3-4,8-10,17H,2,5-7,15H2,1H3,(H,16,18). The molecule has 5 heteroatoms. The number of aromatic nitrogens is 2. The van der Waals surface area contributed by atoms with E-state index in [0.717, 1.165) is 36.5 Å². The molecule has 0 atom stereocenters. The van der Waals surface area contributed by atoms with Crippen LogP contribution in [0.25, 0.3) is 0 Å². The first-order valence-electron chi connectivity index (χ1n) is 6.53. The van der Waals surface area contributed by atoms with Gasteiger partial charge in [-0.05, 0) is 18.6 Å². The van der Waals surface area contributed by atoms with Crippen molar-refractivity contribution in [2.45, 2.75) is 19.8 Å². The van der Waals surface area contributed by atoms with Crippen molar-refractivity contribution in [2.75, 3.05) is 24.2 Å². The van der Waals surface area contributed by atoms with Crippen LogP contribution in [-0.4, -0.2) is 23.1 Å². The molecule has 102 valence electrons. The smallest absolute Gasteiger partial charge is 0.144 e. The Kier molecular flexibility index (Phi) is 4.66. The normalized spacial score (nSPS) is 10.4. The molecule has 0 amide bonds. The number of aromatic amines is 1. The van der Waals surface area contributed by atoms with Crippen LogP contribution in [0.5, 0.6) is 5.75 Å². The van der Waals surface area contributed by atoms with E-state index in [2.05, 4.69) is 22.2 Å². The number of nitrogens with two attached hydrogens (primary N) is 1. The van der Waals surface area contributed by atoms with Gasteiger partial charge in [-0.15, -0.1) is 0 Å². The fourth-order valence-electron chi connectivity index (χ4n) is 1.74. The van der Waals surface area contributed by atoms with Crippen LogP contribution in [0.3, 0.4) is 0 Å². The van der Waals surface area contributed by atoms with Crippen LogP contribution >= 0.6 is 0 Å². The van der Waals surface area contributed by atoms with Crippen LogP contribution in [0.15, 0.2) is 30.7 Å². The highest BCUT2D eigenvalue weighted by atomic mass is 16.5. The van der Waals surface area contributed by atoms with E-state index in [1.807, 2.05) is 24.4 Å². The Hall–Kier alpha value is -2.17. The lowest BCUT2D eigenvalue weighted by Crippen LogP contribution is -2.06. The van der Waals surface area contributed by atoms with Crippen LogP contribution in [0, 0.1) is 0 Å². The number of hydrogen-bond acceptors (Lipinski definition) is 4. The van der Waals surface area contributed by atoms with Gasteiger partial charge in [0, 0.05) is 36.6 Å². The molecule has 0 saturated heterocycles. The summed E-state index contributed by atoms with van der Waals surface area (Å²) < 4.78 is 5.60. The molecule has 2 rings (SSSR count). The van der Waals surface area contributed by atoms with E-state index >= 15 is 0 Å². The number of rotatable bonds is 7. The summed E-state index contributed by atoms with van der Waals surface area (Å²) in [6.45, 7) is 3.59. The lowest BCUT2D eigenvalue weighted by Gasteiger charge is -2.11. The largest absolute Gasteiger partial charge is 0.491 e. The van der Waals surface area contributed by atoms with Gasteiger partial charge in [0.15, 0.2) is 0 Å². The molecular formula is C14H20N4O. The second-order valence-electron chi connectivity index (χ2n) is 4.35. The number of benzene rings is 1. The van der Waals surface area contributed by atoms with E-state index in [9.17, 15) is 0 Å². The van der Waals surface area contributed by atoms with Crippen molar-refractivity contribution in [3.8, 4) is 5.75 Å². The van der Waals surface area contributed by atoms with Crippen LogP contribution in [-0.2, 0) is 6.42 Å². The van der Waals surface area contributed by atoms with Gasteiger partial charge in [0.05, 0.1) is 18.6 Å². The average molecular weight is 260 g/mol. The molecule has 0 radical (unpaired) electrons. The summed E-state index contributed by atoms with van der Waals surface area (Å²) in [6, 6.07) is 5.77. The fourth-order valence-corrected chi connectivity index (χ4v) is 1.74. The number of hydrogen-bond donors (Lipinski definition) is 3. The summed E-state index contributed by atoms with van der Waals surface area (Å²) >= 11 is 0. The SMILES string of the molecule is CCCOc1cc(NCCc2cnc[nH]2)ccc1N. The van der Waals surface area contributed by atoms with Gasteiger partial charge >= 0.3 is 0 Å². The molecule has 2 aromatic rings. The number of nitrogens with zero attached hydrogens (tertiary/aromatic N) is 1. The average Bonchev–Trinajstić information content (AvgIpc) is 2.92. The number of ether oxygens (including phenoxy) is 1.